The van der Waals surface area contributed by atoms with Crippen LogP contribution in [0.15, 0.2) is 24.7 Å². The van der Waals surface area contributed by atoms with Crippen LogP contribution in [0.4, 0.5) is 0 Å². The lowest BCUT2D eigenvalue weighted by Gasteiger charge is -2.34. The van der Waals surface area contributed by atoms with Gasteiger partial charge in [-0.2, -0.15) is 5.10 Å². The van der Waals surface area contributed by atoms with Crippen LogP contribution in [0.3, 0.4) is 0 Å². The molecule has 2 aliphatic rings. The van der Waals surface area contributed by atoms with Gasteiger partial charge in [-0.3, -0.25) is 4.79 Å². The Bertz CT molecular complexity index is 989. The Kier molecular flexibility index (Phi) is 3.89. The summed E-state index contributed by atoms with van der Waals surface area (Å²) in [5, 5.41) is 13.0. The predicted molar refractivity (Wildman–Crippen MR) is 95.3 cm³/mol. The maximum Gasteiger partial charge on any atom is 0.255 e. The molecule has 0 saturated carbocycles. The molecule has 0 bridgehead atoms. The van der Waals surface area contributed by atoms with Gasteiger partial charge in [0.25, 0.3) is 5.91 Å². The van der Waals surface area contributed by atoms with Crippen LogP contribution in [0.1, 0.15) is 53.7 Å². The van der Waals surface area contributed by atoms with Crippen LogP contribution in [0.2, 0.25) is 0 Å². The Morgan fingerprint density at radius 1 is 1.22 bits per heavy atom. The molecule has 3 aromatic rings. The van der Waals surface area contributed by atoms with E-state index in [1.54, 1.807) is 22.8 Å². The Morgan fingerprint density at radius 3 is 2.93 bits per heavy atom. The van der Waals surface area contributed by atoms with Crippen molar-refractivity contribution in [1.82, 2.24) is 34.3 Å². The summed E-state index contributed by atoms with van der Waals surface area (Å²) >= 11 is 0. The molecule has 5 rings (SSSR count). The average molecular weight is 367 g/mol. The molecule has 140 valence electrons. The van der Waals surface area contributed by atoms with Crippen molar-refractivity contribution in [3.8, 4) is 0 Å². The van der Waals surface area contributed by atoms with Crippen LogP contribution in [0, 0.1) is 0 Å². The first-order valence-corrected chi connectivity index (χ1v) is 9.31. The fraction of sp³-hybridized carbons (Fsp3) is 0.500. The summed E-state index contributed by atoms with van der Waals surface area (Å²) < 4.78 is 9.31. The highest BCUT2D eigenvalue weighted by atomic mass is 16.5. The van der Waals surface area contributed by atoms with E-state index in [0.29, 0.717) is 24.6 Å². The highest BCUT2D eigenvalue weighted by molar-refractivity contribution is 5.94. The minimum absolute atomic E-state index is 0.0267. The molecule has 1 atom stereocenters. The second-order valence-electron chi connectivity index (χ2n) is 7.25. The first kappa shape index (κ1) is 16.4. The molecule has 0 spiro atoms. The SMILES string of the molecule is C[C@H]1CN(C(=O)c2ccc3ncnn3c2)Cc2nnc(C3CCOCC3)n21. The van der Waals surface area contributed by atoms with E-state index in [4.69, 9.17) is 4.74 Å². The van der Waals surface area contributed by atoms with Crippen molar-refractivity contribution in [2.45, 2.75) is 38.3 Å². The highest BCUT2D eigenvalue weighted by Crippen LogP contribution is 2.31. The largest absolute Gasteiger partial charge is 0.381 e. The van der Waals surface area contributed by atoms with Crippen molar-refractivity contribution in [2.24, 2.45) is 0 Å². The van der Waals surface area contributed by atoms with Crippen LogP contribution in [0.5, 0.6) is 0 Å². The molecule has 1 saturated heterocycles. The third-order valence-corrected chi connectivity index (χ3v) is 5.45. The smallest absolute Gasteiger partial charge is 0.255 e. The maximum absolute atomic E-state index is 13.0. The quantitative estimate of drug-likeness (QED) is 0.681. The Labute approximate surface area is 156 Å². The topological polar surface area (TPSA) is 90.4 Å². The zero-order chi connectivity index (χ0) is 18.4. The van der Waals surface area contributed by atoms with Crippen LogP contribution < -0.4 is 0 Å². The number of carbonyl (C=O) groups excluding carboxylic acids is 1. The van der Waals surface area contributed by atoms with Crippen molar-refractivity contribution in [1.29, 1.82) is 0 Å². The molecule has 3 aromatic heterocycles. The lowest BCUT2D eigenvalue weighted by molar-refractivity contribution is 0.0668. The number of amides is 1. The first-order chi connectivity index (χ1) is 13.2. The summed E-state index contributed by atoms with van der Waals surface area (Å²) in [5.74, 6) is 2.25. The normalized spacial score (nSPS) is 20.8. The number of nitrogens with zero attached hydrogens (tertiary/aromatic N) is 7. The van der Waals surface area contributed by atoms with Gasteiger partial charge >= 0.3 is 0 Å². The number of carbonyl (C=O) groups is 1. The standard InChI is InChI=1S/C18H21N7O2/c1-12-8-23(18(26)14-2-3-15-19-11-20-24(15)9-14)10-16-21-22-17(25(12)16)13-4-6-27-7-5-13/h2-3,9,11-13H,4-8,10H2,1H3/t12-/m0/s1. The van der Waals surface area contributed by atoms with E-state index < -0.39 is 0 Å². The molecule has 1 amide bonds. The van der Waals surface area contributed by atoms with Gasteiger partial charge in [0.2, 0.25) is 0 Å². The number of ether oxygens (including phenoxy) is 1. The third-order valence-electron chi connectivity index (χ3n) is 5.45. The molecule has 0 aromatic carbocycles. The lowest BCUT2D eigenvalue weighted by Crippen LogP contribution is -2.41. The van der Waals surface area contributed by atoms with Crippen molar-refractivity contribution < 1.29 is 9.53 Å². The maximum atomic E-state index is 13.0. The van der Waals surface area contributed by atoms with Gasteiger partial charge < -0.3 is 14.2 Å². The molecule has 9 heteroatoms. The van der Waals surface area contributed by atoms with Gasteiger partial charge in [-0.25, -0.2) is 9.50 Å². The van der Waals surface area contributed by atoms with E-state index in [1.807, 2.05) is 4.90 Å². The van der Waals surface area contributed by atoms with Crippen LogP contribution in [0.25, 0.3) is 5.65 Å². The number of aromatic nitrogens is 6. The second kappa shape index (κ2) is 6.41. The molecule has 2 aliphatic heterocycles. The first-order valence-electron chi connectivity index (χ1n) is 9.31. The molecule has 9 nitrogen and oxygen atoms in total. The zero-order valence-electron chi connectivity index (χ0n) is 15.2. The van der Waals surface area contributed by atoms with Crippen LogP contribution >= 0.6 is 0 Å². The Balaban J connectivity index is 1.41. The van der Waals surface area contributed by atoms with Crippen molar-refractivity contribution in [3.05, 3.63) is 41.9 Å². The number of hydrogen-bond donors (Lipinski definition) is 0. The molecule has 0 N–H and O–H groups in total. The number of hydrogen-bond acceptors (Lipinski definition) is 6. The summed E-state index contributed by atoms with van der Waals surface area (Å²) in [6.07, 6.45) is 5.16. The van der Waals surface area contributed by atoms with Gasteiger partial charge in [-0.15, -0.1) is 10.2 Å². The fourth-order valence-corrected chi connectivity index (χ4v) is 4.08. The molecular formula is C18H21N7O2. The van der Waals surface area contributed by atoms with E-state index >= 15 is 0 Å². The van der Waals surface area contributed by atoms with Crippen molar-refractivity contribution >= 4 is 11.6 Å². The molecular weight excluding hydrogens is 346 g/mol. The minimum Gasteiger partial charge on any atom is -0.381 e. The van der Waals surface area contributed by atoms with E-state index in [-0.39, 0.29) is 11.9 Å². The Hall–Kier alpha value is -2.81. The molecule has 0 aliphatic carbocycles. The third kappa shape index (κ3) is 2.78. The summed E-state index contributed by atoms with van der Waals surface area (Å²) in [6, 6.07) is 3.74. The monoisotopic (exact) mass is 367 g/mol. The Morgan fingerprint density at radius 2 is 2.07 bits per heavy atom. The fourth-order valence-electron chi connectivity index (χ4n) is 4.08. The number of fused-ring (bicyclic) bond motifs is 2. The van der Waals surface area contributed by atoms with Crippen LogP contribution in [-0.4, -0.2) is 59.9 Å². The van der Waals surface area contributed by atoms with Gasteiger partial charge in [0.15, 0.2) is 11.5 Å². The van der Waals surface area contributed by atoms with E-state index in [0.717, 1.165) is 43.4 Å². The summed E-state index contributed by atoms with van der Waals surface area (Å²) in [4.78, 5) is 19.0. The van der Waals surface area contributed by atoms with Crippen LogP contribution in [-0.2, 0) is 11.3 Å². The van der Waals surface area contributed by atoms with Gasteiger partial charge in [0.05, 0.1) is 18.2 Å². The second-order valence-corrected chi connectivity index (χ2v) is 7.25. The molecule has 0 unspecified atom stereocenters. The van der Waals surface area contributed by atoms with E-state index in [1.165, 1.54) is 6.33 Å². The summed E-state index contributed by atoms with van der Waals surface area (Å²) in [7, 11) is 0. The van der Waals surface area contributed by atoms with Crippen molar-refractivity contribution in [3.63, 3.8) is 0 Å². The highest BCUT2D eigenvalue weighted by Gasteiger charge is 2.32. The summed E-state index contributed by atoms with van der Waals surface area (Å²) in [6.45, 7) is 4.77. The van der Waals surface area contributed by atoms with E-state index in [2.05, 4.69) is 31.8 Å². The average Bonchev–Trinajstić information content (AvgIpc) is 3.34. The zero-order valence-corrected chi connectivity index (χ0v) is 15.2. The molecule has 0 radical (unpaired) electrons. The minimum atomic E-state index is -0.0267. The molecule has 27 heavy (non-hydrogen) atoms. The number of rotatable bonds is 2. The van der Waals surface area contributed by atoms with Gasteiger partial charge in [-0.1, -0.05) is 0 Å². The van der Waals surface area contributed by atoms with Gasteiger partial charge in [0, 0.05) is 31.9 Å². The van der Waals surface area contributed by atoms with Gasteiger partial charge in [-0.05, 0) is 31.9 Å². The van der Waals surface area contributed by atoms with E-state index in [9.17, 15) is 4.79 Å². The number of pyridine rings is 1. The predicted octanol–water partition coefficient (Wildman–Crippen LogP) is 1.43. The van der Waals surface area contributed by atoms with Gasteiger partial charge in [0.1, 0.15) is 12.2 Å². The summed E-state index contributed by atoms with van der Waals surface area (Å²) in [5.41, 5.74) is 1.32. The van der Waals surface area contributed by atoms with Crippen molar-refractivity contribution in [2.75, 3.05) is 19.8 Å². The molecule has 5 heterocycles. The lowest BCUT2D eigenvalue weighted by atomic mass is 9.98. The molecule has 1 fully saturated rings.